The van der Waals surface area contributed by atoms with Gasteiger partial charge in [0.2, 0.25) is 0 Å². The molecule has 0 aliphatic carbocycles. The third kappa shape index (κ3) is 3.36. The first-order chi connectivity index (χ1) is 9.49. The molecule has 0 aliphatic rings. The number of ketones is 1. The maximum atomic E-state index is 12.4. The maximum absolute atomic E-state index is 12.4. The summed E-state index contributed by atoms with van der Waals surface area (Å²) in [5, 5.41) is 0. The second kappa shape index (κ2) is 5.75. The van der Waals surface area contributed by atoms with Crippen LogP contribution >= 0.6 is 0 Å². The molecule has 0 N–H and O–H groups in total. The van der Waals surface area contributed by atoms with E-state index in [0.29, 0.717) is 5.56 Å². The van der Waals surface area contributed by atoms with Gasteiger partial charge in [0.1, 0.15) is 0 Å². The zero-order chi connectivity index (χ0) is 14.6. The van der Waals surface area contributed by atoms with E-state index in [-0.39, 0.29) is 5.78 Å². The van der Waals surface area contributed by atoms with Gasteiger partial charge in [-0.25, -0.2) is 0 Å². The van der Waals surface area contributed by atoms with E-state index in [2.05, 4.69) is 11.8 Å². The molecule has 0 spiro atoms. The molecule has 0 saturated heterocycles. The van der Waals surface area contributed by atoms with Crippen LogP contribution in [0.4, 0.5) is 0 Å². The Hall–Kier alpha value is -2.33. The van der Waals surface area contributed by atoms with Gasteiger partial charge in [-0.2, -0.15) is 0 Å². The van der Waals surface area contributed by atoms with Gasteiger partial charge < -0.3 is 0 Å². The molecule has 2 rings (SSSR count). The van der Waals surface area contributed by atoms with Crippen molar-refractivity contribution in [3.63, 3.8) is 0 Å². The van der Waals surface area contributed by atoms with Crippen molar-refractivity contribution in [2.24, 2.45) is 5.41 Å². The van der Waals surface area contributed by atoms with Crippen molar-refractivity contribution >= 4 is 5.78 Å². The Morgan fingerprint density at radius 2 is 1.55 bits per heavy atom. The second-order valence-electron chi connectivity index (χ2n) is 5.44. The Kier molecular flexibility index (Phi) is 4.05. The molecule has 0 amide bonds. The number of hydrogen-bond acceptors (Lipinski definition) is 1. The monoisotopic (exact) mass is 262 g/mol. The lowest BCUT2D eigenvalue weighted by Crippen LogP contribution is -2.22. The van der Waals surface area contributed by atoms with Gasteiger partial charge in [0.15, 0.2) is 5.78 Å². The Bertz CT molecular complexity index is 652. The van der Waals surface area contributed by atoms with Crippen molar-refractivity contribution in [1.29, 1.82) is 0 Å². The SMILES string of the molecule is Cc1ccc(C#CC(C)(C)C(=O)c2ccccc2)cc1. The molecule has 0 aliphatic heterocycles. The minimum Gasteiger partial charge on any atom is -0.292 e. The smallest absolute Gasteiger partial charge is 0.180 e. The van der Waals surface area contributed by atoms with Gasteiger partial charge in [-0.15, -0.1) is 0 Å². The van der Waals surface area contributed by atoms with Crippen LogP contribution in [0.15, 0.2) is 54.6 Å². The van der Waals surface area contributed by atoms with E-state index in [1.165, 1.54) is 5.56 Å². The molecule has 20 heavy (non-hydrogen) atoms. The van der Waals surface area contributed by atoms with Gasteiger partial charge in [-0.3, -0.25) is 4.79 Å². The minimum absolute atomic E-state index is 0.0534. The number of rotatable bonds is 2. The summed E-state index contributed by atoms with van der Waals surface area (Å²) in [6, 6.07) is 17.3. The van der Waals surface area contributed by atoms with Gasteiger partial charge >= 0.3 is 0 Å². The minimum atomic E-state index is -0.688. The highest BCUT2D eigenvalue weighted by Crippen LogP contribution is 2.21. The normalized spacial score (nSPS) is 10.6. The first-order valence-electron chi connectivity index (χ1n) is 6.69. The molecule has 100 valence electrons. The number of aryl methyl sites for hydroxylation is 1. The molecule has 2 aromatic rings. The van der Waals surface area contributed by atoms with Crippen LogP contribution in [0.3, 0.4) is 0 Å². The molecule has 0 saturated carbocycles. The molecule has 1 heteroatoms. The molecule has 0 aromatic heterocycles. The molecule has 1 nitrogen and oxygen atoms in total. The van der Waals surface area contributed by atoms with E-state index in [0.717, 1.165) is 5.56 Å². The first kappa shape index (κ1) is 14.1. The Balaban J connectivity index is 2.23. The van der Waals surface area contributed by atoms with Crippen LogP contribution in [0.25, 0.3) is 0 Å². The fraction of sp³-hybridized carbons (Fsp3) is 0.211. The van der Waals surface area contributed by atoms with Crippen molar-refractivity contribution in [2.45, 2.75) is 20.8 Å². The molecule has 0 radical (unpaired) electrons. The summed E-state index contributed by atoms with van der Waals surface area (Å²) in [7, 11) is 0. The van der Waals surface area contributed by atoms with Crippen LogP contribution in [0.5, 0.6) is 0 Å². The van der Waals surface area contributed by atoms with E-state index in [4.69, 9.17) is 0 Å². The quantitative estimate of drug-likeness (QED) is 0.584. The lowest BCUT2D eigenvalue weighted by Gasteiger charge is -2.15. The number of hydrogen-bond donors (Lipinski definition) is 0. The highest BCUT2D eigenvalue weighted by atomic mass is 16.1. The summed E-state index contributed by atoms with van der Waals surface area (Å²) in [5.74, 6) is 6.24. The number of Topliss-reactive ketones (excluding diaryl/α,β-unsaturated/α-hetero) is 1. The summed E-state index contributed by atoms with van der Waals surface area (Å²) >= 11 is 0. The zero-order valence-electron chi connectivity index (χ0n) is 12.1. The standard InChI is InChI=1S/C19H18O/c1-15-9-11-16(12-10-15)13-14-19(2,3)18(20)17-7-5-4-6-8-17/h4-12H,1-3H3. The van der Waals surface area contributed by atoms with Crippen LogP contribution in [-0.2, 0) is 0 Å². The highest BCUT2D eigenvalue weighted by Gasteiger charge is 2.26. The third-order valence-corrected chi connectivity index (χ3v) is 3.17. The topological polar surface area (TPSA) is 17.1 Å². The Morgan fingerprint density at radius 3 is 2.15 bits per heavy atom. The number of carbonyl (C=O) groups is 1. The first-order valence-corrected chi connectivity index (χ1v) is 6.69. The van der Waals surface area contributed by atoms with Crippen molar-refractivity contribution in [3.05, 3.63) is 71.3 Å². The van der Waals surface area contributed by atoms with Crippen LogP contribution in [0.2, 0.25) is 0 Å². The summed E-state index contributed by atoms with van der Waals surface area (Å²) in [6.07, 6.45) is 0. The lowest BCUT2D eigenvalue weighted by molar-refractivity contribution is 0.0893. The van der Waals surface area contributed by atoms with Crippen molar-refractivity contribution < 1.29 is 4.79 Å². The molecular weight excluding hydrogens is 244 g/mol. The number of carbonyl (C=O) groups excluding carboxylic acids is 1. The molecule has 0 bridgehead atoms. The van der Waals surface area contributed by atoms with Crippen molar-refractivity contribution in [2.75, 3.05) is 0 Å². The summed E-state index contributed by atoms with van der Waals surface area (Å²) in [5.41, 5.74) is 2.15. The average molecular weight is 262 g/mol. The second-order valence-corrected chi connectivity index (χ2v) is 5.44. The molecule has 2 aromatic carbocycles. The predicted molar refractivity (Wildman–Crippen MR) is 82.6 cm³/mol. The van der Waals surface area contributed by atoms with E-state index >= 15 is 0 Å². The third-order valence-electron chi connectivity index (χ3n) is 3.17. The van der Waals surface area contributed by atoms with Gasteiger partial charge in [-0.1, -0.05) is 59.9 Å². The number of benzene rings is 2. The summed E-state index contributed by atoms with van der Waals surface area (Å²) in [6.45, 7) is 5.77. The van der Waals surface area contributed by atoms with Crippen LogP contribution in [0.1, 0.15) is 35.3 Å². The fourth-order valence-electron chi connectivity index (χ4n) is 1.87. The molecule has 0 heterocycles. The van der Waals surface area contributed by atoms with Crippen LogP contribution in [-0.4, -0.2) is 5.78 Å². The molecule has 0 unspecified atom stereocenters. The van der Waals surface area contributed by atoms with E-state index in [9.17, 15) is 4.79 Å². The molecule has 0 atom stereocenters. The fourth-order valence-corrected chi connectivity index (χ4v) is 1.87. The van der Waals surface area contributed by atoms with E-state index in [1.807, 2.05) is 75.4 Å². The highest BCUT2D eigenvalue weighted by molar-refractivity contribution is 6.02. The van der Waals surface area contributed by atoms with Crippen molar-refractivity contribution in [3.8, 4) is 11.8 Å². The average Bonchev–Trinajstić information content (AvgIpc) is 2.47. The van der Waals surface area contributed by atoms with E-state index in [1.54, 1.807) is 0 Å². The van der Waals surface area contributed by atoms with Gasteiger partial charge in [0.05, 0.1) is 5.41 Å². The summed E-state index contributed by atoms with van der Waals surface area (Å²) in [4.78, 5) is 12.4. The Labute approximate surface area is 120 Å². The maximum Gasteiger partial charge on any atom is 0.180 e. The molecule has 0 fully saturated rings. The molecular formula is C19H18O. The van der Waals surface area contributed by atoms with Crippen LogP contribution < -0.4 is 0 Å². The van der Waals surface area contributed by atoms with Crippen molar-refractivity contribution in [1.82, 2.24) is 0 Å². The largest absolute Gasteiger partial charge is 0.292 e. The van der Waals surface area contributed by atoms with Gasteiger partial charge in [-0.05, 0) is 32.9 Å². The van der Waals surface area contributed by atoms with Gasteiger partial charge in [0, 0.05) is 11.1 Å². The lowest BCUT2D eigenvalue weighted by atomic mass is 9.84. The predicted octanol–water partition coefficient (Wildman–Crippen LogP) is 4.26. The van der Waals surface area contributed by atoms with Gasteiger partial charge in [0.25, 0.3) is 0 Å². The zero-order valence-corrected chi connectivity index (χ0v) is 12.1. The Morgan fingerprint density at radius 1 is 0.950 bits per heavy atom. The summed E-state index contributed by atoms with van der Waals surface area (Å²) < 4.78 is 0. The van der Waals surface area contributed by atoms with E-state index < -0.39 is 5.41 Å². The van der Waals surface area contributed by atoms with Crippen LogP contribution in [0, 0.1) is 24.2 Å².